The molecule has 0 spiro atoms. The van der Waals surface area contributed by atoms with Gasteiger partial charge in [0, 0.05) is 0 Å². The lowest BCUT2D eigenvalue weighted by Gasteiger charge is -2.35. The molecule has 0 radical (unpaired) electrons. The zero-order valence-electron chi connectivity index (χ0n) is 13.3. The Bertz CT molecular complexity index is 570. The van der Waals surface area contributed by atoms with Crippen LogP contribution < -0.4 is 0 Å². The number of hydrogen-bond acceptors (Lipinski definition) is 1. The zero-order chi connectivity index (χ0) is 16.5. The van der Waals surface area contributed by atoms with Crippen LogP contribution in [-0.2, 0) is 6.18 Å². The van der Waals surface area contributed by atoms with Gasteiger partial charge in [-0.3, -0.25) is 0 Å². The monoisotopic (exact) mass is 312 g/mol. The number of rotatable bonds is 3. The second kappa shape index (κ2) is 6.07. The van der Waals surface area contributed by atoms with Crippen LogP contribution in [0.1, 0.15) is 63.7 Å². The largest absolute Gasteiger partial charge is 0.416 e. The molecule has 0 saturated heterocycles. The minimum absolute atomic E-state index is 0.00491. The van der Waals surface area contributed by atoms with E-state index in [1.54, 1.807) is 6.07 Å². The third-order valence-corrected chi connectivity index (χ3v) is 4.68. The number of hydrogen-bond donors (Lipinski definition) is 1. The normalized spacial score (nSPS) is 20.1. The molecule has 2 rings (SSSR count). The summed E-state index contributed by atoms with van der Waals surface area (Å²) in [7, 11) is 0. The van der Waals surface area contributed by atoms with Crippen molar-refractivity contribution < 1.29 is 18.3 Å². The molecule has 4 heteroatoms. The third kappa shape index (κ3) is 3.72. The fourth-order valence-corrected chi connectivity index (χ4v) is 3.36. The Morgan fingerprint density at radius 3 is 2.55 bits per heavy atom. The quantitative estimate of drug-likeness (QED) is 0.714. The third-order valence-electron chi connectivity index (χ3n) is 4.68. The van der Waals surface area contributed by atoms with E-state index in [0.29, 0.717) is 12.0 Å². The Morgan fingerprint density at radius 2 is 1.95 bits per heavy atom. The van der Waals surface area contributed by atoms with E-state index in [2.05, 4.69) is 20.8 Å². The van der Waals surface area contributed by atoms with E-state index in [4.69, 9.17) is 0 Å². The van der Waals surface area contributed by atoms with Crippen LogP contribution in [0.4, 0.5) is 13.2 Å². The lowest BCUT2D eigenvalue weighted by Crippen LogP contribution is -2.22. The predicted octanol–water partition coefficient (Wildman–Crippen LogP) is 5.66. The highest BCUT2D eigenvalue weighted by molar-refractivity contribution is 5.30. The summed E-state index contributed by atoms with van der Waals surface area (Å²) >= 11 is 0. The van der Waals surface area contributed by atoms with Gasteiger partial charge in [-0.2, -0.15) is 13.2 Å². The van der Waals surface area contributed by atoms with Crippen LogP contribution >= 0.6 is 0 Å². The number of alkyl halides is 3. The molecule has 1 aliphatic rings. The fraction of sp³-hybridized carbons (Fsp3) is 0.556. The zero-order valence-corrected chi connectivity index (χ0v) is 13.3. The van der Waals surface area contributed by atoms with Crippen molar-refractivity contribution in [2.45, 2.75) is 58.7 Å². The molecule has 22 heavy (non-hydrogen) atoms. The highest BCUT2D eigenvalue weighted by Crippen LogP contribution is 2.44. The maximum absolute atomic E-state index is 12.8. The Hall–Kier alpha value is -1.29. The molecular formula is C18H23F3O. The van der Waals surface area contributed by atoms with E-state index in [9.17, 15) is 18.3 Å². The number of aliphatic hydroxyl groups is 1. The van der Waals surface area contributed by atoms with Crippen LogP contribution in [0.2, 0.25) is 0 Å². The molecule has 1 nitrogen and oxygen atoms in total. The number of aliphatic hydroxyl groups excluding tert-OH is 1. The van der Waals surface area contributed by atoms with E-state index >= 15 is 0 Å². The molecule has 0 heterocycles. The summed E-state index contributed by atoms with van der Waals surface area (Å²) in [6.07, 6.45) is -1.69. The SMILES string of the molecule is CC1=C(CC(O)c2cccc(C(F)(F)F)c2)C(C)(C)CCC1. The van der Waals surface area contributed by atoms with Gasteiger partial charge in [0.05, 0.1) is 11.7 Å². The highest BCUT2D eigenvalue weighted by atomic mass is 19.4. The van der Waals surface area contributed by atoms with E-state index in [-0.39, 0.29) is 5.41 Å². The Balaban J connectivity index is 2.24. The molecular weight excluding hydrogens is 289 g/mol. The minimum atomic E-state index is -4.38. The van der Waals surface area contributed by atoms with E-state index < -0.39 is 17.8 Å². The Labute approximate surface area is 129 Å². The Morgan fingerprint density at radius 1 is 1.27 bits per heavy atom. The average Bonchev–Trinajstić information content (AvgIpc) is 2.42. The number of allylic oxidation sites excluding steroid dienone is 1. The van der Waals surface area contributed by atoms with Crippen molar-refractivity contribution in [3.05, 3.63) is 46.5 Å². The molecule has 0 bridgehead atoms. The number of halogens is 3. The van der Waals surface area contributed by atoms with Crippen molar-refractivity contribution in [1.29, 1.82) is 0 Å². The maximum Gasteiger partial charge on any atom is 0.416 e. The summed E-state index contributed by atoms with van der Waals surface area (Å²) in [6.45, 7) is 6.35. The molecule has 1 unspecified atom stereocenters. The highest BCUT2D eigenvalue weighted by Gasteiger charge is 2.32. The lowest BCUT2D eigenvalue weighted by molar-refractivity contribution is -0.137. The van der Waals surface area contributed by atoms with E-state index in [1.807, 2.05) is 0 Å². The summed E-state index contributed by atoms with van der Waals surface area (Å²) in [5.41, 5.74) is 2.07. The summed E-state index contributed by atoms with van der Waals surface area (Å²) in [4.78, 5) is 0. The van der Waals surface area contributed by atoms with Crippen molar-refractivity contribution in [3.8, 4) is 0 Å². The molecule has 1 atom stereocenters. The van der Waals surface area contributed by atoms with Crippen LogP contribution in [-0.4, -0.2) is 5.11 Å². The second-order valence-electron chi connectivity index (χ2n) is 6.84. The standard InChI is InChI=1S/C18H23F3O/c1-12-6-5-9-17(2,3)15(12)11-16(22)13-7-4-8-14(10-13)18(19,20)21/h4,7-8,10,16,22H,5-6,9,11H2,1-3H3. The average molecular weight is 312 g/mol. The van der Waals surface area contributed by atoms with Gasteiger partial charge in [0.1, 0.15) is 0 Å². The molecule has 1 aromatic rings. The molecule has 0 fully saturated rings. The summed E-state index contributed by atoms with van der Waals surface area (Å²) in [6, 6.07) is 5.00. The minimum Gasteiger partial charge on any atom is -0.388 e. The van der Waals surface area contributed by atoms with Gasteiger partial charge < -0.3 is 5.11 Å². The Kier molecular flexibility index (Phi) is 4.71. The first-order valence-electron chi connectivity index (χ1n) is 7.65. The molecule has 0 saturated carbocycles. The smallest absolute Gasteiger partial charge is 0.388 e. The first-order chi connectivity index (χ1) is 10.1. The van der Waals surface area contributed by atoms with Gasteiger partial charge in [-0.1, -0.05) is 37.1 Å². The van der Waals surface area contributed by atoms with Crippen molar-refractivity contribution in [2.24, 2.45) is 5.41 Å². The molecule has 1 aromatic carbocycles. The van der Waals surface area contributed by atoms with Crippen LogP contribution in [0.3, 0.4) is 0 Å². The molecule has 0 amide bonds. The lowest BCUT2D eigenvalue weighted by atomic mass is 9.70. The number of benzene rings is 1. The van der Waals surface area contributed by atoms with Gasteiger partial charge in [0.2, 0.25) is 0 Å². The fourth-order valence-electron chi connectivity index (χ4n) is 3.36. The van der Waals surface area contributed by atoms with Gasteiger partial charge in [0.25, 0.3) is 0 Å². The molecule has 122 valence electrons. The van der Waals surface area contributed by atoms with E-state index in [1.165, 1.54) is 17.2 Å². The molecule has 1 N–H and O–H groups in total. The first kappa shape index (κ1) is 17.1. The maximum atomic E-state index is 12.8. The van der Waals surface area contributed by atoms with Crippen molar-refractivity contribution >= 4 is 0 Å². The van der Waals surface area contributed by atoms with Crippen LogP contribution in [0.15, 0.2) is 35.4 Å². The summed E-state index contributed by atoms with van der Waals surface area (Å²) in [5, 5.41) is 10.4. The van der Waals surface area contributed by atoms with Crippen molar-refractivity contribution in [3.63, 3.8) is 0 Å². The van der Waals surface area contributed by atoms with Gasteiger partial charge >= 0.3 is 6.18 Å². The van der Waals surface area contributed by atoms with Crippen molar-refractivity contribution in [2.75, 3.05) is 0 Å². The topological polar surface area (TPSA) is 20.2 Å². The van der Waals surface area contributed by atoms with Gasteiger partial charge in [-0.25, -0.2) is 0 Å². The van der Waals surface area contributed by atoms with E-state index in [0.717, 1.165) is 31.4 Å². The van der Waals surface area contributed by atoms with Gasteiger partial charge in [-0.15, -0.1) is 0 Å². The predicted molar refractivity (Wildman–Crippen MR) is 81.4 cm³/mol. The van der Waals surface area contributed by atoms with Crippen LogP contribution in [0, 0.1) is 5.41 Å². The summed E-state index contributed by atoms with van der Waals surface area (Å²) < 4.78 is 38.4. The van der Waals surface area contributed by atoms with Crippen LogP contribution in [0.25, 0.3) is 0 Å². The summed E-state index contributed by atoms with van der Waals surface area (Å²) in [5.74, 6) is 0. The van der Waals surface area contributed by atoms with Gasteiger partial charge in [-0.05, 0) is 55.7 Å². The van der Waals surface area contributed by atoms with Gasteiger partial charge in [0.15, 0.2) is 0 Å². The first-order valence-corrected chi connectivity index (χ1v) is 7.65. The molecule has 0 aromatic heterocycles. The molecule has 0 aliphatic heterocycles. The van der Waals surface area contributed by atoms with Crippen LogP contribution in [0.5, 0.6) is 0 Å². The van der Waals surface area contributed by atoms with Crippen molar-refractivity contribution in [1.82, 2.24) is 0 Å². The second-order valence-corrected chi connectivity index (χ2v) is 6.84. The molecule has 1 aliphatic carbocycles.